The zero-order valence-corrected chi connectivity index (χ0v) is 20.0. The van der Waals surface area contributed by atoms with Crippen molar-refractivity contribution >= 4 is 29.2 Å². The maximum absolute atomic E-state index is 13.7. The van der Waals surface area contributed by atoms with E-state index in [4.69, 9.17) is 0 Å². The van der Waals surface area contributed by atoms with Crippen LogP contribution in [-0.2, 0) is 14.4 Å². The second kappa shape index (κ2) is 11.9. The van der Waals surface area contributed by atoms with Gasteiger partial charge in [0.2, 0.25) is 17.7 Å². The van der Waals surface area contributed by atoms with Gasteiger partial charge < -0.3 is 10.6 Å². The number of nitrogens with zero attached hydrogens (tertiary/aromatic N) is 2. The van der Waals surface area contributed by atoms with E-state index < -0.39 is 17.8 Å². The highest BCUT2D eigenvalue weighted by molar-refractivity contribution is 6.03. The number of carbonyl (C=O) groups is 3. The van der Waals surface area contributed by atoms with Crippen molar-refractivity contribution in [2.24, 2.45) is 0 Å². The number of nitrogens with one attached hydrogen (secondary N) is 2. The Labute approximate surface area is 204 Å². The van der Waals surface area contributed by atoms with Crippen molar-refractivity contribution in [1.29, 1.82) is 0 Å². The van der Waals surface area contributed by atoms with Gasteiger partial charge in [-0.05, 0) is 62.7 Å². The third kappa shape index (κ3) is 7.20. The summed E-state index contributed by atoms with van der Waals surface area (Å²) >= 11 is 0. The van der Waals surface area contributed by atoms with Gasteiger partial charge in [0.25, 0.3) is 0 Å². The molecule has 2 aromatic carbocycles. The molecule has 0 bridgehead atoms. The minimum absolute atomic E-state index is 0.112. The number of amides is 3. The van der Waals surface area contributed by atoms with Gasteiger partial charge in [-0.2, -0.15) is 0 Å². The third-order valence-electron chi connectivity index (χ3n) is 5.20. The van der Waals surface area contributed by atoms with E-state index in [0.29, 0.717) is 17.1 Å². The summed E-state index contributed by atoms with van der Waals surface area (Å²) in [6, 6.07) is 16.6. The molecule has 1 aromatic heterocycles. The summed E-state index contributed by atoms with van der Waals surface area (Å²) in [5, 5.41) is 5.53. The van der Waals surface area contributed by atoms with E-state index in [1.807, 2.05) is 32.9 Å². The van der Waals surface area contributed by atoms with Crippen molar-refractivity contribution in [3.63, 3.8) is 0 Å². The molecular formula is C27H29FN4O3. The second-order valence-corrected chi connectivity index (χ2v) is 8.48. The van der Waals surface area contributed by atoms with Gasteiger partial charge in [-0.25, -0.2) is 9.37 Å². The van der Waals surface area contributed by atoms with Gasteiger partial charge in [-0.3, -0.25) is 19.3 Å². The van der Waals surface area contributed by atoms with Gasteiger partial charge in [0.05, 0.1) is 0 Å². The number of pyridine rings is 1. The largest absolute Gasteiger partial charge is 0.352 e. The quantitative estimate of drug-likeness (QED) is 0.474. The number of aromatic nitrogens is 1. The van der Waals surface area contributed by atoms with Gasteiger partial charge in [0, 0.05) is 30.8 Å². The Balaban J connectivity index is 1.92. The number of hydrogen-bond donors (Lipinski definition) is 2. The molecule has 3 aromatic rings. The summed E-state index contributed by atoms with van der Waals surface area (Å²) in [7, 11) is 0. The molecule has 0 radical (unpaired) electrons. The molecule has 0 saturated heterocycles. The summed E-state index contributed by atoms with van der Waals surface area (Å²) in [5.74, 6) is -1.28. The van der Waals surface area contributed by atoms with E-state index in [1.165, 1.54) is 29.2 Å². The van der Waals surface area contributed by atoms with Crippen LogP contribution in [-0.4, -0.2) is 28.7 Å². The van der Waals surface area contributed by atoms with E-state index in [-0.39, 0.29) is 30.7 Å². The first-order valence-corrected chi connectivity index (χ1v) is 11.4. The normalized spacial score (nSPS) is 11.6. The van der Waals surface area contributed by atoms with Gasteiger partial charge in [0.15, 0.2) is 0 Å². The molecule has 8 heteroatoms. The molecule has 0 fully saturated rings. The Morgan fingerprint density at radius 1 is 0.943 bits per heavy atom. The zero-order chi connectivity index (χ0) is 25.4. The van der Waals surface area contributed by atoms with E-state index in [1.54, 1.807) is 36.5 Å². The topological polar surface area (TPSA) is 91.4 Å². The van der Waals surface area contributed by atoms with Gasteiger partial charge in [-0.1, -0.05) is 35.9 Å². The summed E-state index contributed by atoms with van der Waals surface area (Å²) in [4.78, 5) is 44.7. The van der Waals surface area contributed by atoms with E-state index in [0.717, 1.165) is 5.56 Å². The number of carbonyl (C=O) groups excluding carboxylic acids is 3. The highest BCUT2D eigenvalue weighted by Crippen LogP contribution is 2.30. The standard InChI is InChI=1S/C27H29FN4O3/c1-18(2)30-27(35)26(20-9-7-19(3)8-10-20)32(22-13-11-21(28)12-14-22)25(34)16-15-24(33)31-23-6-4-5-17-29-23/h4-14,17-18,26H,15-16H2,1-3H3,(H,30,35)(H,29,31,33). The molecule has 0 aliphatic rings. The van der Waals surface area contributed by atoms with Crippen LogP contribution in [0.2, 0.25) is 0 Å². The van der Waals surface area contributed by atoms with Crippen molar-refractivity contribution in [3.05, 3.63) is 89.9 Å². The van der Waals surface area contributed by atoms with Gasteiger partial charge in [-0.15, -0.1) is 0 Å². The van der Waals surface area contributed by atoms with Crippen LogP contribution in [0.25, 0.3) is 0 Å². The molecule has 35 heavy (non-hydrogen) atoms. The lowest BCUT2D eigenvalue weighted by molar-refractivity contribution is -0.127. The van der Waals surface area contributed by atoms with Crippen molar-refractivity contribution < 1.29 is 18.8 Å². The molecule has 1 atom stereocenters. The first-order valence-electron chi connectivity index (χ1n) is 11.4. The predicted octanol–water partition coefficient (Wildman–Crippen LogP) is 4.55. The number of aryl methyl sites for hydroxylation is 1. The highest BCUT2D eigenvalue weighted by Gasteiger charge is 2.33. The molecule has 7 nitrogen and oxygen atoms in total. The molecule has 0 saturated carbocycles. The van der Waals surface area contributed by atoms with Crippen molar-refractivity contribution in [1.82, 2.24) is 10.3 Å². The summed E-state index contributed by atoms with van der Waals surface area (Å²) in [6.07, 6.45) is 1.28. The van der Waals surface area contributed by atoms with Crippen LogP contribution in [0.15, 0.2) is 72.9 Å². The molecule has 0 aliphatic carbocycles. The third-order valence-corrected chi connectivity index (χ3v) is 5.20. The fraction of sp³-hybridized carbons (Fsp3) is 0.259. The SMILES string of the molecule is Cc1ccc(C(C(=O)NC(C)C)N(C(=O)CCC(=O)Nc2ccccn2)c2ccc(F)cc2)cc1. The van der Waals surface area contributed by atoms with Crippen molar-refractivity contribution in [2.45, 2.75) is 45.7 Å². The molecule has 1 unspecified atom stereocenters. The first-order chi connectivity index (χ1) is 16.7. The van der Waals surface area contributed by atoms with Crippen LogP contribution >= 0.6 is 0 Å². The molecule has 0 aliphatic heterocycles. The van der Waals surface area contributed by atoms with Gasteiger partial charge in [0.1, 0.15) is 17.7 Å². The lowest BCUT2D eigenvalue weighted by atomic mass is 10.0. The molecule has 0 spiro atoms. The van der Waals surface area contributed by atoms with E-state index in [9.17, 15) is 18.8 Å². The average molecular weight is 477 g/mol. The number of benzene rings is 2. The maximum atomic E-state index is 13.7. The number of hydrogen-bond acceptors (Lipinski definition) is 4. The Morgan fingerprint density at radius 3 is 2.23 bits per heavy atom. The Kier molecular flexibility index (Phi) is 8.67. The predicted molar refractivity (Wildman–Crippen MR) is 133 cm³/mol. The minimum atomic E-state index is -1.00. The zero-order valence-electron chi connectivity index (χ0n) is 20.0. The number of halogens is 1. The first kappa shape index (κ1) is 25.6. The van der Waals surface area contributed by atoms with Crippen LogP contribution in [0.3, 0.4) is 0 Å². The van der Waals surface area contributed by atoms with Crippen LogP contribution in [0.5, 0.6) is 0 Å². The Bertz CT molecular complexity index is 1150. The summed E-state index contributed by atoms with van der Waals surface area (Å²) in [5.41, 5.74) is 1.96. The van der Waals surface area contributed by atoms with Crippen LogP contribution in [0.1, 0.15) is 43.9 Å². The molecule has 3 amide bonds. The number of anilines is 2. The highest BCUT2D eigenvalue weighted by atomic mass is 19.1. The van der Waals surface area contributed by atoms with Crippen LogP contribution in [0.4, 0.5) is 15.9 Å². The monoisotopic (exact) mass is 476 g/mol. The summed E-state index contributed by atoms with van der Waals surface area (Å²) in [6.45, 7) is 5.59. The molecule has 1 heterocycles. The molecular weight excluding hydrogens is 447 g/mol. The van der Waals surface area contributed by atoms with E-state index >= 15 is 0 Å². The maximum Gasteiger partial charge on any atom is 0.248 e. The minimum Gasteiger partial charge on any atom is -0.352 e. The molecule has 3 rings (SSSR count). The number of rotatable bonds is 9. The smallest absolute Gasteiger partial charge is 0.248 e. The molecule has 2 N–H and O–H groups in total. The van der Waals surface area contributed by atoms with Gasteiger partial charge >= 0.3 is 0 Å². The van der Waals surface area contributed by atoms with E-state index in [2.05, 4.69) is 15.6 Å². The van der Waals surface area contributed by atoms with Crippen molar-refractivity contribution in [2.75, 3.05) is 10.2 Å². The average Bonchev–Trinajstić information content (AvgIpc) is 2.82. The van der Waals surface area contributed by atoms with Crippen LogP contribution in [0, 0.1) is 12.7 Å². The fourth-order valence-electron chi connectivity index (χ4n) is 3.55. The van der Waals surface area contributed by atoms with Crippen molar-refractivity contribution in [3.8, 4) is 0 Å². The molecule has 182 valence electrons. The Hall–Kier alpha value is -4.07. The van der Waals surface area contributed by atoms with Crippen LogP contribution < -0.4 is 15.5 Å². The Morgan fingerprint density at radius 2 is 1.63 bits per heavy atom. The fourth-order valence-corrected chi connectivity index (χ4v) is 3.55. The summed E-state index contributed by atoms with van der Waals surface area (Å²) < 4.78 is 13.7. The lowest BCUT2D eigenvalue weighted by Gasteiger charge is -2.32. The lowest BCUT2D eigenvalue weighted by Crippen LogP contribution is -2.46. The second-order valence-electron chi connectivity index (χ2n) is 8.48.